The van der Waals surface area contributed by atoms with E-state index in [9.17, 15) is 4.79 Å². The summed E-state index contributed by atoms with van der Waals surface area (Å²) in [4.78, 5) is 13.1. The second-order valence-corrected chi connectivity index (χ2v) is 4.19. The molecule has 0 bridgehead atoms. The van der Waals surface area contributed by atoms with E-state index in [1.165, 1.54) is 19.3 Å². The molecule has 1 N–H and O–H groups in total. The standard InChI is InChI=1S/C11H21NO2/c1-2-3-4-7-12-8-5-6-10(9-12)11(13)14/h10H,2-9H2,1H3,(H,13,14). The minimum Gasteiger partial charge on any atom is -0.481 e. The van der Waals surface area contributed by atoms with Crippen molar-refractivity contribution in [1.29, 1.82) is 0 Å². The Labute approximate surface area is 86.1 Å². The van der Waals surface area contributed by atoms with Crippen LogP contribution in [0.25, 0.3) is 0 Å². The average Bonchev–Trinajstić information content (AvgIpc) is 2.19. The molecule has 1 saturated heterocycles. The van der Waals surface area contributed by atoms with Crippen molar-refractivity contribution in [3.05, 3.63) is 0 Å². The van der Waals surface area contributed by atoms with Crippen LogP contribution in [0.15, 0.2) is 0 Å². The van der Waals surface area contributed by atoms with E-state index in [1.807, 2.05) is 0 Å². The summed E-state index contributed by atoms with van der Waals surface area (Å²) < 4.78 is 0. The van der Waals surface area contributed by atoms with E-state index < -0.39 is 5.97 Å². The van der Waals surface area contributed by atoms with Crippen molar-refractivity contribution in [2.45, 2.75) is 39.0 Å². The van der Waals surface area contributed by atoms with Gasteiger partial charge in [-0.2, -0.15) is 0 Å². The first-order valence-corrected chi connectivity index (χ1v) is 5.69. The highest BCUT2D eigenvalue weighted by atomic mass is 16.4. The average molecular weight is 199 g/mol. The van der Waals surface area contributed by atoms with Gasteiger partial charge in [0, 0.05) is 6.54 Å². The predicted octanol–water partition coefficient (Wildman–Crippen LogP) is 1.97. The topological polar surface area (TPSA) is 40.5 Å². The maximum absolute atomic E-state index is 10.8. The molecular formula is C11H21NO2. The van der Waals surface area contributed by atoms with Gasteiger partial charge in [-0.3, -0.25) is 4.79 Å². The summed E-state index contributed by atoms with van der Waals surface area (Å²) in [7, 11) is 0. The minimum absolute atomic E-state index is 0.120. The van der Waals surface area contributed by atoms with Gasteiger partial charge in [0.15, 0.2) is 0 Å². The molecule has 1 fully saturated rings. The van der Waals surface area contributed by atoms with Crippen molar-refractivity contribution < 1.29 is 9.90 Å². The quantitative estimate of drug-likeness (QED) is 0.688. The Morgan fingerprint density at radius 3 is 2.93 bits per heavy atom. The third-order valence-corrected chi connectivity index (χ3v) is 2.93. The molecule has 1 atom stereocenters. The second-order valence-electron chi connectivity index (χ2n) is 4.19. The largest absolute Gasteiger partial charge is 0.481 e. The highest BCUT2D eigenvalue weighted by Gasteiger charge is 2.24. The van der Waals surface area contributed by atoms with Gasteiger partial charge in [-0.25, -0.2) is 0 Å². The van der Waals surface area contributed by atoms with Crippen molar-refractivity contribution in [2.75, 3.05) is 19.6 Å². The molecule has 14 heavy (non-hydrogen) atoms. The second kappa shape index (κ2) is 6.02. The number of hydrogen-bond donors (Lipinski definition) is 1. The third kappa shape index (κ3) is 3.66. The molecule has 1 aliphatic rings. The van der Waals surface area contributed by atoms with Crippen LogP contribution in [0.4, 0.5) is 0 Å². The fourth-order valence-electron chi connectivity index (χ4n) is 2.05. The first kappa shape index (κ1) is 11.5. The van der Waals surface area contributed by atoms with E-state index >= 15 is 0 Å². The molecule has 0 saturated carbocycles. The molecule has 0 spiro atoms. The van der Waals surface area contributed by atoms with Gasteiger partial charge in [0.2, 0.25) is 0 Å². The Morgan fingerprint density at radius 1 is 1.50 bits per heavy atom. The van der Waals surface area contributed by atoms with Crippen LogP contribution in [0, 0.1) is 5.92 Å². The molecule has 0 aromatic heterocycles. The van der Waals surface area contributed by atoms with Crippen molar-refractivity contribution in [2.24, 2.45) is 5.92 Å². The number of rotatable bonds is 5. The third-order valence-electron chi connectivity index (χ3n) is 2.93. The Morgan fingerprint density at radius 2 is 2.29 bits per heavy atom. The molecule has 0 aliphatic carbocycles. The number of carboxylic acids is 1. The highest BCUT2D eigenvalue weighted by Crippen LogP contribution is 2.16. The molecular weight excluding hydrogens is 178 g/mol. The molecule has 0 aromatic rings. The Hall–Kier alpha value is -0.570. The van der Waals surface area contributed by atoms with E-state index in [0.29, 0.717) is 0 Å². The van der Waals surface area contributed by atoms with Crippen molar-refractivity contribution in [3.8, 4) is 0 Å². The number of aliphatic carboxylic acids is 1. The molecule has 82 valence electrons. The molecule has 0 radical (unpaired) electrons. The Bertz CT molecular complexity index is 182. The maximum atomic E-state index is 10.8. The molecule has 1 aliphatic heterocycles. The molecule has 0 aromatic carbocycles. The summed E-state index contributed by atoms with van der Waals surface area (Å²) in [5, 5.41) is 8.90. The normalized spacial score (nSPS) is 23.6. The van der Waals surface area contributed by atoms with E-state index in [2.05, 4.69) is 11.8 Å². The number of piperidine rings is 1. The number of carboxylic acid groups (broad SMARTS) is 1. The van der Waals surface area contributed by atoms with Crippen LogP contribution in [0.2, 0.25) is 0 Å². The SMILES string of the molecule is CCCCCN1CCCC(C(=O)O)C1. The summed E-state index contributed by atoms with van der Waals surface area (Å²) in [6.07, 6.45) is 5.61. The summed E-state index contributed by atoms with van der Waals surface area (Å²) >= 11 is 0. The summed E-state index contributed by atoms with van der Waals surface area (Å²) in [6, 6.07) is 0. The first-order chi connectivity index (χ1) is 6.74. The zero-order chi connectivity index (χ0) is 10.4. The molecule has 3 nitrogen and oxygen atoms in total. The fraction of sp³-hybridized carbons (Fsp3) is 0.909. The zero-order valence-electron chi connectivity index (χ0n) is 9.04. The lowest BCUT2D eigenvalue weighted by atomic mass is 9.98. The zero-order valence-corrected chi connectivity index (χ0v) is 9.04. The van der Waals surface area contributed by atoms with E-state index in [0.717, 1.165) is 32.5 Å². The van der Waals surface area contributed by atoms with E-state index in [1.54, 1.807) is 0 Å². The number of carbonyl (C=O) groups is 1. The molecule has 1 unspecified atom stereocenters. The Kier molecular flexibility index (Phi) is 4.94. The predicted molar refractivity (Wildman–Crippen MR) is 56.3 cm³/mol. The van der Waals surface area contributed by atoms with Crippen LogP contribution in [0.3, 0.4) is 0 Å². The van der Waals surface area contributed by atoms with E-state index in [-0.39, 0.29) is 5.92 Å². The van der Waals surface area contributed by atoms with Gasteiger partial charge in [-0.15, -0.1) is 0 Å². The molecule has 0 amide bonds. The van der Waals surface area contributed by atoms with Gasteiger partial charge in [0.1, 0.15) is 0 Å². The smallest absolute Gasteiger partial charge is 0.307 e. The van der Waals surface area contributed by atoms with Gasteiger partial charge in [-0.05, 0) is 32.4 Å². The van der Waals surface area contributed by atoms with Crippen LogP contribution in [0.1, 0.15) is 39.0 Å². The molecule has 1 rings (SSSR count). The van der Waals surface area contributed by atoms with Gasteiger partial charge in [0.25, 0.3) is 0 Å². The van der Waals surface area contributed by atoms with Crippen LogP contribution in [-0.2, 0) is 4.79 Å². The van der Waals surface area contributed by atoms with Gasteiger partial charge >= 0.3 is 5.97 Å². The Balaban J connectivity index is 2.22. The highest BCUT2D eigenvalue weighted by molar-refractivity contribution is 5.70. The lowest BCUT2D eigenvalue weighted by Crippen LogP contribution is -2.39. The number of hydrogen-bond acceptors (Lipinski definition) is 2. The minimum atomic E-state index is -0.620. The summed E-state index contributed by atoms with van der Waals surface area (Å²) in [5.41, 5.74) is 0. The van der Waals surface area contributed by atoms with Gasteiger partial charge in [0.05, 0.1) is 5.92 Å². The molecule has 3 heteroatoms. The van der Waals surface area contributed by atoms with Crippen LogP contribution >= 0.6 is 0 Å². The van der Waals surface area contributed by atoms with Crippen molar-refractivity contribution >= 4 is 5.97 Å². The van der Waals surface area contributed by atoms with Crippen molar-refractivity contribution in [1.82, 2.24) is 4.90 Å². The maximum Gasteiger partial charge on any atom is 0.307 e. The summed E-state index contributed by atoms with van der Waals surface area (Å²) in [5.74, 6) is -0.740. The lowest BCUT2D eigenvalue weighted by molar-refractivity contribution is -0.143. The monoisotopic (exact) mass is 199 g/mol. The lowest BCUT2D eigenvalue weighted by Gasteiger charge is -2.30. The van der Waals surface area contributed by atoms with E-state index in [4.69, 9.17) is 5.11 Å². The van der Waals surface area contributed by atoms with Crippen LogP contribution in [-0.4, -0.2) is 35.6 Å². The fourth-order valence-corrected chi connectivity index (χ4v) is 2.05. The van der Waals surface area contributed by atoms with Crippen molar-refractivity contribution in [3.63, 3.8) is 0 Å². The number of unbranched alkanes of at least 4 members (excludes halogenated alkanes) is 2. The van der Waals surface area contributed by atoms with Crippen LogP contribution < -0.4 is 0 Å². The van der Waals surface area contributed by atoms with Gasteiger partial charge in [-0.1, -0.05) is 19.8 Å². The number of likely N-dealkylation sites (tertiary alicyclic amines) is 1. The number of nitrogens with zero attached hydrogens (tertiary/aromatic N) is 1. The van der Waals surface area contributed by atoms with Crippen LogP contribution in [0.5, 0.6) is 0 Å². The van der Waals surface area contributed by atoms with Gasteiger partial charge < -0.3 is 10.0 Å². The first-order valence-electron chi connectivity index (χ1n) is 5.69. The molecule has 1 heterocycles. The summed E-state index contributed by atoms with van der Waals surface area (Å²) in [6.45, 7) is 5.13.